The van der Waals surface area contributed by atoms with E-state index in [0.717, 1.165) is 5.56 Å². The van der Waals surface area contributed by atoms with Crippen LogP contribution in [0.4, 0.5) is 10.1 Å². The maximum absolute atomic E-state index is 13.2. The first-order valence-corrected chi connectivity index (χ1v) is 8.42. The van der Waals surface area contributed by atoms with E-state index in [4.69, 9.17) is 4.52 Å². The van der Waals surface area contributed by atoms with Crippen LogP contribution in [-0.4, -0.2) is 30.6 Å². The minimum absolute atomic E-state index is 0.0183. The third kappa shape index (κ3) is 3.78. The molecule has 0 aliphatic heterocycles. The first-order valence-electron chi connectivity index (χ1n) is 8.42. The van der Waals surface area contributed by atoms with Gasteiger partial charge in [0.25, 0.3) is 5.89 Å². The molecule has 0 saturated heterocycles. The molecule has 4 aromatic rings. The van der Waals surface area contributed by atoms with Crippen molar-refractivity contribution < 1.29 is 13.7 Å². The molecule has 0 atom stereocenters. The second-order valence-electron chi connectivity index (χ2n) is 6.02. The predicted octanol–water partition coefficient (Wildman–Crippen LogP) is 3.08. The Balaban J connectivity index is 1.49. The topological polar surface area (TPSA) is 98.7 Å². The number of amides is 1. The maximum Gasteiger partial charge on any atom is 0.258 e. The van der Waals surface area contributed by atoms with Gasteiger partial charge in [-0.15, -0.1) is 0 Å². The van der Waals surface area contributed by atoms with E-state index in [-0.39, 0.29) is 12.5 Å². The molecular weight excluding hydrogens is 363 g/mol. The van der Waals surface area contributed by atoms with E-state index >= 15 is 0 Å². The molecule has 0 saturated carbocycles. The number of halogens is 1. The highest BCUT2D eigenvalue weighted by molar-refractivity contribution is 5.90. The van der Waals surface area contributed by atoms with E-state index in [0.29, 0.717) is 28.9 Å². The van der Waals surface area contributed by atoms with E-state index in [9.17, 15) is 9.18 Å². The van der Waals surface area contributed by atoms with E-state index in [2.05, 4.69) is 25.4 Å². The number of aryl methyl sites for hydroxylation is 1. The summed E-state index contributed by atoms with van der Waals surface area (Å²) >= 11 is 0. The summed E-state index contributed by atoms with van der Waals surface area (Å²) in [5.41, 5.74) is 1.63. The summed E-state index contributed by atoms with van der Waals surface area (Å²) in [4.78, 5) is 24.9. The van der Waals surface area contributed by atoms with Crippen molar-refractivity contribution in [2.75, 3.05) is 5.32 Å². The van der Waals surface area contributed by atoms with Gasteiger partial charge in [0.05, 0.1) is 0 Å². The van der Waals surface area contributed by atoms with Crippen molar-refractivity contribution >= 4 is 11.6 Å². The molecule has 0 bridgehead atoms. The monoisotopic (exact) mass is 378 g/mol. The number of pyridine rings is 1. The first kappa shape index (κ1) is 17.5. The van der Waals surface area contributed by atoms with E-state index < -0.39 is 5.82 Å². The fourth-order valence-electron chi connectivity index (χ4n) is 2.64. The molecule has 0 aliphatic rings. The number of benzene rings is 1. The molecule has 0 unspecified atom stereocenters. The third-order valence-electron chi connectivity index (χ3n) is 3.98. The second-order valence-corrected chi connectivity index (χ2v) is 6.02. The summed E-state index contributed by atoms with van der Waals surface area (Å²) in [6.07, 6.45) is 4.94. The van der Waals surface area contributed by atoms with Crippen LogP contribution in [0.1, 0.15) is 5.82 Å². The fraction of sp³-hybridized carbons (Fsp3) is 0.105. The van der Waals surface area contributed by atoms with Crippen LogP contribution in [0.5, 0.6) is 0 Å². The zero-order chi connectivity index (χ0) is 19.5. The van der Waals surface area contributed by atoms with Gasteiger partial charge in [0.1, 0.15) is 23.9 Å². The van der Waals surface area contributed by atoms with Crippen LogP contribution < -0.4 is 5.32 Å². The van der Waals surface area contributed by atoms with Gasteiger partial charge in [0.15, 0.2) is 0 Å². The molecule has 1 N–H and O–H groups in total. The van der Waals surface area contributed by atoms with Crippen LogP contribution >= 0.6 is 0 Å². The normalized spacial score (nSPS) is 10.8. The van der Waals surface area contributed by atoms with Gasteiger partial charge in [0.2, 0.25) is 11.7 Å². The third-order valence-corrected chi connectivity index (χ3v) is 3.98. The van der Waals surface area contributed by atoms with Gasteiger partial charge >= 0.3 is 0 Å². The van der Waals surface area contributed by atoms with Crippen molar-refractivity contribution in [3.63, 3.8) is 0 Å². The smallest absolute Gasteiger partial charge is 0.258 e. The largest absolute Gasteiger partial charge is 0.334 e. The molecule has 1 amide bonds. The number of hydrogen-bond donors (Lipinski definition) is 1. The number of anilines is 1. The lowest BCUT2D eigenvalue weighted by Gasteiger charge is -2.07. The molecule has 0 fully saturated rings. The number of carbonyl (C=O) groups is 1. The zero-order valence-corrected chi connectivity index (χ0v) is 14.8. The summed E-state index contributed by atoms with van der Waals surface area (Å²) in [6.45, 7) is 1.78. The average molecular weight is 378 g/mol. The summed E-state index contributed by atoms with van der Waals surface area (Å²) < 4.78 is 20.2. The number of nitrogens with one attached hydrogen (secondary N) is 1. The van der Waals surface area contributed by atoms with Gasteiger partial charge in [-0.05, 0) is 37.3 Å². The Morgan fingerprint density at radius 2 is 2.04 bits per heavy atom. The fourth-order valence-corrected chi connectivity index (χ4v) is 2.64. The number of rotatable bonds is 5. The molecule has 8 nitrogen and oxygen atoms in total. The van der Waals surface area contributed by atoms with E-state index in [1.807, 2.05) is 0 Å². The highest BCUT2D eigenvalue weighted by atomic mass is 19.1. The van der Waals surface area contributed by atoms with Gasteiger partial charge in [-0.25, -0.2) is 9.37 Å². The molecule has 1 aromatic carbocycles. The summed E-state index contributed by atoms with van der Waals surface area (Å²) in [7, 11) is 0. The minimum Gasteiger partial charge on any atom is -0.334 e. The molecule has 9 heteroatoms. The van der Waals surface area contributed by atoms with Gasteiger partial charge in [0, 0.05) is 29.8 Å². The van der Waals surface area contributed by atoms with Crippen LogP contribution in [-0.2, 0) is 11.3 Å². The Labute approximate surface area is 159 Å². The lowest BCUT2D eigenvalue weighted by molar-refractivity contribution is -0.116. The van der Waals surface area contributed by atoms with Gasteiger partial charge in [-0.2, -0.15) is 4.98 Å². The van der Waals surface area contributed by atoms with Gasteiger partial charge < -0.3 is 14.4 Å². The summed E-state index contributed by atoms with van der Waals surface area (Å²) in [5.74, 6) is 0.566. The summed E-state index contributed by atoms with van der Waals surface area (Å²) in [6, 6.07) is 9.24. The second kappa shape index (κ2) is 7.39. The lowest BCUT2D eigenvalue weighted by Crippen LogP contribution is -2.19. The minimum atomic E-state index is -0.416. The standard InChI is InChI=1S/C19H15FN6O2/c1-12-22-16(18-24-19(28-25-18)13-5-7-21-8-6-13)10-26(12)11-17(27)23-15-4-2-3-14(20)9-15/h2-10H,11H2,1H3,(H,23,27). The van der Waals surface area contributed by atoms with Crippen molar-refractivity contribution in [3.05, 3.63) is 66.6 Å². The molecule has 140 valence electrons. The van der Waals surface area contributed by atoms with Crippen molar-refractivity contribution in [1.82, 2.24) is 24.7 Å². The van der Waals surface area contributed by atoms with Crippen LogP contribution in [0.25, 0.3) is 23.0 Å². The number of imidazole rings is 1. The number of hydrogen-bond acceptors (Lipinski definition) is 6. The number of aromatic nitrogens is 5. The van der Waals surface area contributed by atoms with Crippen LogP contribution in [0.15, 0.2) is 59.5 Å². The number of nitrogens with zero attached hydrogens (tertiary/aromatic N) is 5. The maximum atomic E-state index is 13.2. The van der Waals surface area contributed by atoms with E-state index in [1.165, 1.54) is 18.2 Å². The van der Waals surface area contributed by atoms with Crippen molar-refractivity contribution in [3.8, 4) is 23.0 Å². The van der Waals surface area contributed by atoms with Crippen LogP contribution in [0.2, 0.25) is 0 Å². The highest BCUT2D eigenvalue weighted by Gasteiger charge is 2.16. The predicted molar refractivity (Wildman–Crippen MR) is 98.5 cm³/mol. The highest BCUT2D eigenvalue weighted by Crippen LogP contribution is 2.21. The quantitative estimate of drug-likeness (QED) is 0.573. The molecule has 0 aliphatic carbocycles. The Morgan fingerprint density at radius 1 is 1.21 bits per heavy atom. The Bertz CT molecular complexity index is 1120. The Morgan fingerprint density at radius 3 is 2.82 bits per heavy atom. The van der Waals surface area contributed by atoms with Crippen molar-refractivity contribution in [2.24, 2.45) is 0 Å². The van der Waals surface area contributed by atoms with Crippen LogP contribution in [0, 0.1) is 12.7 Å². The van der Waals surface area contributed by atoms with E-state index in [1.54, 1.807) is 48.3 Å². The molecule has 0 radical (unpaired) electrons. The Hall–Kier alpha value is -3.88. The molecule has 3 heterocycles. The lowest BCUT2D eigenvalue weighted by atomic mass is 10.3. The van der Waals surface area contributed by atoms with Crippen molar-refractivity contribution in [2.45, 2.75) is 13.5 Å². The first-order chi connectivity index (χ1) is 13.6. The van der Waals surface area contributed by atoms with Crippen LogP contribution in [0.3, 0.4) is 0 Å². The summed E-state index contributed by atoms with van der Waals surface area (Å²) in [5, 5.41) is 6.60. The molecule has 3 aromatic heterocycles. The van der Waals surface area contributed by atoms with Crippen molar-refractivity contribution in [1.29, 1.82) is 0 Å². The zero-order valence-electron chi connectivity index (χ0n) is 14.8. The molecular formula is C19H15FN6O2. The van der Waals surface area contributed by atoms with Gasteiger partial charge in [-0.3, -0.25) is 9.78 Å². The van der Waals surface area contributed by atoms with Gasteiger partial charge in [-0.1, -0.05) is 11.2 Å². The molecule has 28 heavy (non-hydrogen) atoms. The average Bonchev–Trinajstić information content (AvgIpc) is 3.30. The molecule has 0 spiro atoms. The SMILES string of the molecule is Cc1nc(-c2noc(-c3ccncc3)n2)cn1CC(=O)Nc1cccc(F)c1. The Kier molecular flexibility index (Phi) is 4.63. The number of carbonyl (C=O) groups excluding carboxylic acids is 1. The molecule has 4 rings (SSSR count).